The number of unbranched alkanes of at least 4 members (excludes halogenated alkanes) is 1. The molecule has 2 rings (SSSR count). The summed E-state index contributed by atoms with van der Waals surface area (Å²) < 4.78 is 0. The van der Waals surface area contributed by atoms with E-state index in [1.807, 2.05) is 11.3 Å². The molecule has 1 aliphatic rings. The molecule has 1 aliphatic carbocycles. The van der Waals surface area contributed by atoms with Crippen molar-refractivity contribution >= 4 is 11.3 Å². The third-order valence-corrected chi connectivity index (χ3v) is 5.82. The summed E-state index contributed by atoms with van der Waals surface area (Å²) in [4.78, 5) is 6.21. The fourth-order valence-corrected chi connectivity index (χ4v) is 4.43. The Labute approximate surface area is 121 Å². The average molecular weight is 280 g/mol. The van der Waals surface area contributed by atoms with Gasteiger partial charge in [0.15, 0.2) is 0 Å². The molecule has 3 heteroatoms. The van der Waals surface area contributed by atoms with Crippen LogP contribution in [0.15, 0.2) is 0 Å². The number of aromatic nitrogens is 1. The molecule has 0 saturated heterocycles. The molecule has 19 heavy (non-hydrogen) atoms. The largest absolute Gasteiger partial charge is 0.330 e. The quantitative estimate of drug-likeness (QED) is 0.838. The highest BCUT2D eigenvalue weighted by molar-refractivity contribution is 7.11. The Morgan fingerprint density at radius 3 is 2.63 bits per heavy atom. The smallest absolute Gasteiger partial charge is 0.0961 e. The molecule has 0 bridgehead atoms. The van der Waals surface area contributed by atoms with E-state index in [1.165, 1.54) is 60.5 Å². The molecule has 108 valence electrons. The molecule has 1 aromatic heterocycles. The molecular weight excluding hydrogens is 252 g/mol. The predicted octanol–water partition coefficient (Wildman–Crippen LogP) is 4.42. The van der Waals surface area contributed by atoms with Gasteiger partial charge in [-0.25, -0.2) is 4.98 Å². The fourth-order valence-electron chi connectivity index (χ4n) is 3.18. The van der Waals surface area contributed by atoms with E-state index in [1.54, 1.807) is 0 Å². The fraction of sp³-hybridized carbons (Fsp3) is 0.812. The van der Waals surface area contributed by atoms with Crippen LogP contribution in [-0.2, 0) is 6.42 Å². The summed E-state index contributed by atoms with van der Waals surface area (Å²) in [7, 11) is 0. The predicted molar refractivity (Wildman–Crippen MR) is 83.8 cm³/mol. The lowest BCUT2D eigenvalue weighted by Gasteiger charge is -2.27. The van der Waals surface area contributed by atoms with Crippen molar-refractivity contribution in [2.75, 3.05) is 6.54 Å². The maximum Gasteiger partial charge on any atom is 0.0961 e. The Morgan fingerprint density at radius 1 is 1.26 bits per heavy atom. The summed E-state index contributed by atoms with van der Waals surface area (Å²) in [5, 5.41) is 1.38. The van der Waals surface area contributed by atoms with E-state index in [2.05, 4.69) is 13.8 Å². The maximum absolute atomic E-state index is 5.66. The van der Waals surface area contributed by atoms with Crippen LogP contribution in [-0.4, -0.2) is 11.5 Å². The summed E-state index contributed by atoms with van der Waals surface area (Å²) in [6.07, 6.45) is 10.7. The van der Waals surface area contributed by atoms with Crippen molar-refractivity contribution in [2.45, 2.75) is 71.1 Å². The van der Waals surface area contributed by atoms with E-state index < -0.39 is 0 Å². The van der Waals surface area contributed by atoms with Crippen molar-refractivity contribution in [3.8, 4) is 0 Å². The van der Waals surface area contributed by atoms with Gasteiger partial charge in [-0.1, -0.05) is 26.2 Å². The molecule has 1 heterocycles. The first-order chi connectivity index (χ1) is 9.24. The van der Waals surface area contributed by atoms with E-state index >= 15 is 0 Å². The highest BCUT2D eigenvalue weighted by Crippen LogP contribution is 2.39. The van der Waals surface area contributed by atoms with Crippen molar-refractivity contribution in [1.29, 1.82) is 0 Å². The van der Waals surface area contributed by atoms with E-state index in [0.29, 0.717) is 0 Å². The third-order valence-electron chi connectivity index (χ3n) is 4.44. The molecule has 0 aromatic carbocycles. The lowest BCUT2D eigenvalue weighted by Crippen LogP contribution is -2.13. The van der Waals surface area contributed by atoms with E-state index in [-0.39, 0.29) is 0 Å². The molecule has 0 amide bonds. The lowest BCUT2D eigenvalue weighted by molar-refractivity contribution is 0.304. The van der Waals surface area contributed by atoms with Crippen LogP contribution in [0.2, 0.25) is 0 Å². The van der Waals surface area contributed by atoms with Crippen LogP contribution in [0.25, 0.3) is 0 Å². The number of hydrogen-bond acceptors (Lipinski definition) is 3. The highest BCUT2D eigenvalue weighted by Gasteiger charge is 2.24. The Morgan fingerprint density at radius 2 is 2.00 bits per heavy atom. The zero-order chi connectivity index (χ0) is 13.7. The minimum absolute atomic E-state index is 0.730. The van der Waals surface area contributed by atoms with Crippen molar-refractivity contribution in [2.24, 2.45) is 11.7 Å². The summed E-state index contributed by atoms with van der Waals surface area (Å²) in [6.45, 7) is 5.17. The van der Waals surface area contributed by atoms with Gasteiger partial charge in [0.1, 0.15) is 0 Å². The standard InChI is InChI=1S/C16H28N2S/c1-3-4-5-13-6-8-14(9-7-13)16-18-12(2)15(19-16)10-11-17/h13-14H,3-11,17H2,1-2H3. The lowest BCUT2D eigenvalue weighted by atomic mass is 9.80. The second-order valence-corrected chi connectivity index (χ2v) is 7.07. The van der Waals surface area contributed by atoms with Gasteiger partial charge in [-0.3, -0.25) is 0 Å². The minimum Gasteiger partial charge on any atom is -0.330 e. The van der Waals surface area contributed by atoms with Crippen molar-refractivity contribution < 1.29 is 0 Å². The Hall–Kier alpha value is -0.410. The van der Waals surface area contributed by atoms with Crippen LogP contribution in [0.3, 0.4) is 0 Å². The van der Waals surface area contributed by atoms with E-state index in [4.69, 9.17) is 10.7 Å². The number of nitrogens with zero attached hydrogens (tertiary/aromatic N) is 1. The summed E-state index contributed by atoms with van der Waals surface area (Å²) in [5.74, 6) is 1.72. The molecule has 0 aliphatic heterocycles. The van der Waals surface area contributed by atoms with Gasteiger partial charge >= 0.3 is 0 Å². The van der Waals surface area contributed by atoms with Gasteiger partial charge in [0.05, 0.1) is 10.7 Å². The molecular formula is C16H28N2S. The maximum atomic E-state index is 5.66. The van der Waals surface area contributed by atoms with Crippen LogP contribution in [0.5, 0.6) is 0 Å². The highest BCUT2D eigenvalue weighted by atomic mass is 32.1. The topological polar surface area (TPSA) is 38.9 Å². The minimum atomic E-state index is 0.730. The van der Waals surface area contributed by atoms with Gasteiger partial charge in [-0.2, -0.15) is 0 Å². The summed E-state index contributed by atoms with van der Waals surface area (Å²) >= 11 is 1.92. The molecule has 1 aromatic rings. The van der Waals surface area contributed by atoms with Crippen LogP contribution >= 0.6 is 11.3 Å². The number of aryl methyl sites for hydroxylation is 1. The zero-order valence-corrected chi connectivity index (χ0v) is 13.3. The van der Waals surface area contributed by atoms with Crippen molar-refractivity contribution in [3.05, 3.63) is 15.6 Å². The van der Waals surface area contributed by atoms with Gasteiger partial charge in [-0.15, -0.1) is 11.3 Å². The molecule has 1 fully saturated rings. The normalized spacial score (nSPS) is 23.7. The Balaban J connectivity index is 1.88. The molecule has 2 nitrogen and oxygen atoms in total. The first kappa shape index (κ1) is 15.0. The van der Waals surface area contributed by atoms with Crippen LogP contribution in [0.4, 0.5) is 0 Å². The van der Waals surface area contributed by atoms with Crippen LogP contribution < -0.4 is 5.73 Å². The second-order valence-electron chi connectivity index (χ2n) is 5.96. The first-order valence-electron chi connectivity index (χ1n) is 7.90. The summed E-state index contributed by atoms with van der Waals surface area (Å²) in [5.41, 5.74) is 6.88. The molecule has 0 atom stereocenters. The SMILES string of the molecule is CCCCC1CCC(c2nc(C)c(CCN)s2)CC1. The van der Waals surface area contributed by atoms with Crippen LogP contribution in [0.1, 0.15) is 73.4 Å². The molecule has 0 radical (unpaired) electrons. The van der Waals surface area contributed by atoms with Gasteiger partial charge < -0.3 is 5.73 Å². The van der Waals surface area contributed by atoms with E-state index in [0.717, 1.165) is 24.8 Å². The number of rotatable bonds is 6. The monoisotopic (exact) mass is 280 g/mol. The number of thiazole rings is 1. The molecule has 1 saturated carbocycles. The average Bonchev–Trinajstić information content (AvgIpc) is 2.79. The van der Waals surface area contributed by atoms with Gasteiger partial charge in [-0.05, 0) is 51.5 Å². The third kappa shape index (κ3) is 4.03. The number of nitrogens with two attached hydrogens (primary N) is 1. The number of hydrogen-bond donors (Lipinski definition) is 1. The molecule has 0 unspecified atom stereocenters. The van der Waals surface area contributed by atoms with Gasteiger partial charge in [0.2, 0.25) is 0 Å². The Bertz CT molecular complexity index is 378. The van der Waals surface area contributed by atoms with Crippen LogP contribution in [0, 0.1) is 12.8 Å². The first-order valence-corrected chi connectivity index (χ1v) is 8.72. The van der Waals surface area contributed by atoms with E-state index in [9.17, 15) is 0 Å². The van der Waals surface area contributed by atoms with Gasteiger partial charge in [0, 0.05) is 10.8 Å². The van der Waals surface area contributed by atoms with Gasteiger partial charge in [0.25, 0.3) is 0 Å². The second kappa shape index (κ2) is 7.39. The van der Waals surface area contributed by atoms with Crippen molar-refractivity contribution in [1.82, 2.24) is 4.98 Å². The van der Waals surface area contributed by atoms with Crippen molar-refractivity contribution in [3.63, 3.8) is 0 Å². The molecule has 0 spiro atoms. The zero-order valence-electron chi connectivity index (χ0n) is 12.5. The summed E-state index contributed by atoms with van der Waals surface area (Å²) in [6, 6.07) is 0. The Kier molecular flexibility index (Phi) is 5.83. The molecule has 2 N–H and O–H groups in total.